The van der Waals surface area contributed by atoms with Gasteiger partial charge in [-0.25, -0.2) is 5.01 Å². The van der Waals surface area contributed by atoms with Crippen LogP contribution in [0.2, 0.25) is 0 Å². The number of hydrogen-bond acceptors (Lipinski definition) is 4. The molecule has 0 saturated carbocycles. The Kier molecular flexibility index (Phi) is 4.76. The molecule has 1 aliphatic rings. The van der Waals surface area contributed by atoms with Crippen molar-refractivity contribution in [3.05, 3.63) is 51.7 Å². The van der Waals surface area contributed by atoms with Gasteiger partial charge in [0.1, 0.15) is 5.71 Å². The van der Waals surface area contributed by atoms with Gasteiger partial charge >= 0.3 is 0 Å². The Bertz CT molecular complexity index is 797. The summed E-state index contributed by atoms with van der Waals surface area (Å²) in [6.07, 6.45) is 0.662. The van der Waals surface area contributed by atoms with Crippen LogP contribution >= 0.6 is 11.3 Å². The number of hydrazone groups is 1. The number of aryl methyl sites for hydroxylation is 2. The van der Waals surface area contributed by atoms with E-state index in [2.05, 4.69) is 10.4 Å². The lowest BCUT2D eigenvalue weighted by Crippen LogP contribution is -2.39. The molecule has 1 aromatic heterocycles. The molecule has 0 spiro atoms. The third-order valence-corrected chi connectivity index (χ3v) is 4.77. The minimum Gasteiger partial charge on any atom is -0.346 e. The molecule has 2 amide bonds. The van der Waals surface area contributed by atoms with Crippen LogP contribution in [0.5, 0.6) is 0 Å². The molecule has 0 bridgehead atoms. The lowest BCUT2D eigenvalue weighted by Gasteiger charge is -2.24. The lowest BCUT2D eigenvalue weighted by atomic mass is 10.1. The van der Waals surface area contributed by atoms with Gasteiger partial charge in [0.2, 0.25) is 5.91 Å². The predicted octanol–water partition coefficient (Wildman–Crippen LogP) is 3.16. The Balaban J connectivity index is 1.79. The maximum Gasteiger partial charge on any atom is 0.267 e. The molecular weight excluding hydrogens is 322 g/mol. The lowest BCUT2D eigenvalue weighted by molar-refractivity contribution is -0.119. The van der Waals surface area contributed by atoms with Crippen LogP contribution in [0.4, 0.5) is 5.69 Å². The van der Waals surface area contributed by atoms with E-state index in [4.69, 9.17) is 0 Å². The average molecular weight is 341 g/mol. The SMILES string of the molecule is Cc1ccc(C)c(N2N=C(C(=O)NCc3cccs3)CCC2=O)c1. The summed E-state index contributed by atoms with van der Waals surface area (Å²) in [5, 5.41) is 10.5. The zero-order chi connectivity index (χ0) is 17.1. The van der Waals surface area contributed by atoms with Gasteiger partial charge in [0.25, 0.3) is 5.91 Å². The molecule has 0 atom stereocenters. The summed E-state index contributed by atoms with van der Waals surface area (Å²) in [5.41, 5.74) is 3.14. The second kappa shape index (κ2) is 6.97. The number of benzene rings is 1. The molecule has 6 heteroatoms. The first-order valence-electron chi connectivity index (χ1n) is 7.83. The van der Waals surface area contributed by atoms with Crippen LogP contribution in [-0.2, 0) is 16.1 Å². The van der Waals surface area contributed by atoms with Gasteiger partial charge < -0.3 is 5.32 Å². The summed E-state index contributed by atoms with van der Waals surface area (Å²) in [4.78, 5) is 25.7. The molecule has 0 saturated heterocycles. The van der Waals surface area contributed by atoms with Gasteiger partial charge in [-0.15, -0.1) is 11.3 Å². The van der Waals surface area contributed by atoms with Crippen molar-refractivity contribution in [1.29, 1.82) is 0 Å². The van der Waals surface area contributed by atoms with Gasteiger partial charge in [0.05, 0.1) is 12.2 Å². The van der Waals surface area contributed by atoms with Crippen LogP contribution in [0.15, 0.2) is 40.8 Å². The molecule has 5 nitrogen and oxygen atoms in total. The topological polar surface area (TPSA) is 61.8 Å². The van der Waals surface area contributed by atoms with Crippen molar-refractivity contribution < 1.29 is 9.59 Å². The zero-order valence-corrected chi connectivity index (χ0v) is 14.5. The first kappa shape index (κ1) is 16.4. The molecule has 1 aliphatic heterocycles. The number of hydrogen-bond donors (Lipinski definition) is 1. The summed E-state index contributed by atoms with van der Waals surface area (Å²) < 4.78 is 0. The van der Waals surface area contributed by atoms with Gasteiger partial charge in [0, 0.05) is 17.7 Å². The van der Waals surface area contributed by atoms with Crippen molar-refractivity contribution in [3.63, 3.8) is 0 Å². The second-order valence-corrected chi connectivity index (χ2v) is 6.84. The number of anilines is 1. The third-order valence-electron chi connectivity index (χ3n) is 3.89. The van der Waals surface area contributed by atoms with E-state index in [0.29, 0.717) is 25.1 Å². The van der Waals surface area contributed by atoms with Crippen molar-refractivity contribution in [2.24, 2.45) is 5.10 Å². The normalized spacial score (nSPS) is 14.5. The van der Waals surface area contributed by atoms with Crippen LogP contribution in [0, 0.1) is 13.8 Å². The molecule has 1 aromatic carbocycles. The fraction of sp³-hybridized carbons (Fsp3) is 0.278. The molecular formula is C18H19N3O2S. The number of nitrogens with zero attached hydrogens (tertiary/aromatic N) is 2. The largest absolute Gasteiger partial charge is 0.346 e. The van der Waals surface area contributed by atoms with Crippen LogP contribution in [0.1, 0.15) is 28.8 Å². The van der Waals surface area contributed by atoms with E-state index < -0.39 is 0 Å². The van der Waals surface area contributed by atoms with Crippen LogP contribution in [0.25, 0.3) is 0 Å². The monoisotopic (exact) mass is 341 g/mol. The Labute approximate surface area is 145 Å². The van der Waals surface area contributed by atoms with Crippen molar-refractivity contribution in [3.8, 4) is 0 Å². The third kappa shape index (κ3) is 3.54. The summed E-state index contributed by atoms with van der Waals surface area (Å²) in [6.45, 7) is 4.38. The summed E-state index contributed by atoms with van der Waals surface area (Å²) in [7, 11) is 0. The van der Waals surface area contributed by atoms with Crippen LogP contribution in [0.3, 0.4) is 0 Å². The standard InChI is InChI=1S/C18H19N3O2S/c1-12-5-6-13(2)16(10-12)21-17(22)8-7-15(20-21)18(23)19-11-14-4-3-9-24-14/h3-6,9-10H,7-8,11H2,1-2H3,(H,19,23). The highest BCUT2D eigenvalue weighted by Gasteiger charge is 2.26. The number of carbonyl (C=O) groups excluding carboxylic acids is 2. The van der Waals surface area contributed by atoms with Gasteiger partial charge in [0.15, 0.2) is 0 Å². The van der Waals surface area contributed by atoms with Gasteiger partial charge in [-0.1, -0.05) is 18.2 Å². The summed E-state index contributed by atoms with van der Waals surface area (Å²) in [5.74, 6) is -0.301. The summed E-state index contributed by atoms with van der Waals surface area (Å²) >= 11 is 1.59. The number of rotatable bonds is 4. The van der Waals surface area contributed by atoms with E-state index in [1.165, 1.54) is 5.01 Å². The molecule has 0 fully saturated rings. The Morgan fingerprint density at radius 1 is 1.29 bits per heavy atom. The first-order valence-corrected chi connectivity index (χ1v) is 8.71. The first-order chi connectivity index (χ1) is 11.5. The average Bonchev–Trinajstić information content (AvgIpc) is 3.09. The van der Waals surface area contributed by atoms with Crippen molar-refractivity contribution in [2.75, 3.05) is 5.01 Å². The van der Waals surface area contributed by atoms with E-state index in [1.54, 1.807) is 11.3 Å². The van der Waals surface area contributed by atoms with Crippen LogP contribution < -0.4 is 10.3 Å². The van der Waals surface area contributed by atoms with Crippen LogP contribution in [-0.4, -0.2) is 17.5 Å². The van der Waals surface area contributed by atoms with Gasteiger partial charge in [-0.2, -0.15) is 5.10 Å². The highest BCUT2D eigenvalue weighted by Crippen LogP contribution is 2.25. The minimum atomic E-state index is -0.216. The molecule has 2 aromatic rings. The highest BCUT2D eigenvalue weighted by atomic mass is 32.1. The van der Waals surface area contributed by atoms with E-state index in [1.807, 2.05) is 49.6 Å². The van der Waals surface area contributed by atoms with E-state index in [-0.39, 0.29) is 11.8 Å². The maximum absolute atomic E-state index is 12.4. The highest BCUT2D eigenvalue weighted by molar-refractivity contribution is 7.09. The van der Waals surface area contributed by atoms with Crippen molar-refractivity contribution in [1.82, 2.24) is 5.32 Å². The molecule has 2 heterocycles. The quantitative estimate of drug-likeness (QED) is 0.928. The van der Waals surface area contributed by atoms with Crippen molar-refractivity contribution in [2.45, 2.75) is 33.2 Å². The molecule has 24 heavy (non-hydrogen) atoms. The fourth-order valence-electron chi connectivity index (χ4n) is 2.54. The maximum atomic E-state index is 12.4. The number of amides is 2. The van der Waals surface area contributed by atoms with E-state index in [0.717, 1.165) is 21.7 Å². The predicted molar refractivity (Wildman–Crippen MR) is 96.2 cm³/mol. The number of nitrogens with one attached hydrogen (secondary N) is 1. The minimum absolute atomic E-state index is 0.0847. The zero-order valence-electron chi connectivity index (χ0n) is 13.7. The molecule has 3 rings (SSSR count). The van der Waals surface area contributed by atoms with Gasteiger partial charge in [-0.3, -0.25) is 9.59 Å². The Hall–Kier alpha value is -2.47. The molecule has 0 unspecified atom stereocenters. The van der Waals surface area contributed by atoms with E-state index >= 15 is 0 Å². The van der Waals surface area contributed by atoms with Crippen molar-refractivity contribution >= 4 is 34.6 Å². The molecule has 124 valence electrons. The summed E-state index contributed by atoms with van der Waals surface area (Å²) in [6, 6.07) is 9.79. The Morgan fingerprint density at radius 3 is 2.88 bits per heavy atom. The Morgan fingerprint density at radius 2 is 2.12 bits per heavy atom. The van der Waals surface area contributed by atoms with E-state index in [9.17, 15) is 9.59 Å². The van der Waals surface area contributed by atoms with Gasteiger partial charge in [-0.05, 0) is 42.5 Å². The molecule has 0 radical (unpaired) electrons. The number of carbonyl (C=O) groups is 2. The molecule has 0 aliphatic carbocycles. The fourth-order valence-corrected chi connectivity index (χ4v) is 3.18. The second-order valence-electron chi connectivity index (χ2n) is 5.80. The molecule has 1 N–H and O–H groups in total. The number of thiophene rings is 1. The smallest absolute Gasteiger partial charge is 0.267 e.